The molecule has 1 atom stereocenters. The Kier molecular flexibility index (Phi) is 8.36. The van der Waals surface area contributed by atoms with Crippen LogP contribution in [-0.2, 0) is 4.79 Å². The van der Waals surface area contributed by atoms with Crippen molar-refractivity contribution in [1.82, 2.24) is 10.6 Å². The Bertz CT molecular complexity index is 905. The van der Waals surface area contributed by atoms with Gasteiger partial charge < -0.3 is 34.3 Å². The van der Waals surface area contributed by atoms with E-state index in [0.717, 1.165) is 5.56 Å². The van der Waals surface area contributed by atoms with Crippen LogP contribution in [-0.4, -0.2) is 53.9 Å². The van der Waals surface area contributed by atoms with E-state index in [1.807, 2.05) is 6.92 Å². The van der Waals surface area contributed by atoms with Crippen molar-refractivity contribution in [2.45, 2.75) is 13.0 Å². The maximum Gasteiger partial charge on any atom is 0.251 e. The van der Waals surface area contributed by atoms with Gasteiger partial charge in [-0.3, -0.25) is 9.59 Å². The number of rotatable bonds is 10. The molecule has 0 saturated carbocycles. The number of carbonyl (C=O) groups excluding carboxylic acids is 2. The first-order chi connectivity index (χ1) is 14.9. The first-order valence-corrected chi connectivity index (χ1v) is 9.47. The fourth-order valence-electron chi connectivity index (χ4n) is 2.97. The lowest BCUT2D eigenvalue weighted by molar-refractivity contribution is -0.120. The highest BCUT2D eigenvalue weighted by atomic mass is 16.5. The van der Waals surface area contributed by atoms with Gasteiger partial charge in [0.15, 0.2) is 23.0 Å². The van der Waals surface area contributed by atoms with E-state index in [9.17, 15) is 9.59 Å². The number of hydrogen-bond acceptors (Lipinski definition) is 7. The van der Waals surface area contributed by atoms with Crippen molar-refractivity contribution in [2.24, 2.45) is 0 Å². The summed E-state index contributed by atoms with van der Waals surface area (Å²) in [5.74, 6) is 1.62. The largest absolute Gasteiger partial charge is 0.493 e. The van der Waals surface area contributed by atoms with Gasteiger partial charge in [-0.15, -0.1) is 0 Å². The molecule has 31 heavy (non-hydrogen) atoms. The van der Waals surface area contributed by atoms with Crippen molar-refractivity contribution in [3.63, 3.8) is 0 Å². The maximum atomic E-state index is 12.4. The van der Waals surface area contributed by atoms with Gasteiger partial charge in [0.05, 0.1) is 48.1 Å². The topological polar surface area (TPSA) is 104 Å². The Balaban J connectivity index is 2.02. The van der Waals surface area contributed by atoms with Gasteiger partial charge in [0.25, 0.3) is 5.91 Å². The summed E-state index contributed by atoms with van der Waals surface area (Å²) in [7, 11) is 7.56. The average Bonchev–Trinajstić information content (AvgIpc) is 2.80. The van der Waals surface area contributed by atoms with Crippen LogP contribution in [0, 0.1) is 0 Å². The van der Waals surface area contributed by atoms with E-state index in [1.54, 1.807) is 30.3 Å². The van der Waals surface area contributed by atoms with Gasteiger partial charge in [0, 0.05) is 5.56 Å². The monoisotopic (exact) mass is 432 g/mol. The molecule has 2 aromatic rings. The quantitative estimate of drug-likeness (QED) is 0.594. The summed E-state index contributed by atoms with van der Waals surface area (Å²) < 4.78 is 26.3. The van der Waals surface area contributed by atoms with E-state index in [4.69, 9.17) is 23.7 Å². The third-order valence-electron chi connectivity index (χ3n) is 4.62. The minimum absolute atomic E-state index is 0.193. The Hall–Kier alpha value is -3.62. The van der Waals surface area contributed by atoms with E-state index in [0.29, 0.717) is 34.3 Å². The van der Waals surface area contributed by atoms with Crippen molar-refractivity contribution in [3.8, 4) is 28.7 Å². The molecule has 2 rings (SSSR count). The van der Waals surface area contributed by atoms with E-state index in [2.05, 4.69) is 10.6 Å². The second kappa shape index (κ2) is 11.0. The number of methoxy groups -OCH3 is 5. The van der Waals surface area contributed by atoms with Crippen molar-refractivity contribution < 1.29 is 33.3 Å². The normalized spacial score (nSPS) is 11.2. The van der Waals surface area contributed by atoms with E-state index in [-0.39, 0.29) is 18.5 Å². The Morgan fingerprint density at radius 3 is 1.90 bits per heavy atom. The molecule has 0 radical (unpaired) electrons. The molecule has 2 amide bonds. The number of nitrogens with one attached hydrogen (secondary N) is 2. The second-order valence-electron chi connectivity index (χ2n) is 6.50. The second-order valence-corrected chi connectivity index (χ2v) is 6.50. The van der Waals surface area contributed by atoms with E-state index < -0.39 is 5.91 Å². The van der Waals surface area contributed by atoms with Crippen LogP contribution in [0.1, 0.15) is 28.9 Å². The lowest BCUT2D eigenvalue weighted by Gasteiger charge is -2.19. The number of ether oxygens (including phenoxy) is 5. The standard InChI is InChI=1S/C22H28N2O7/c1-13(15-10-18(29-4)21(31-6)19(11-15)30-5)24-20(25)12-23-22(26)14-7-8-16(27-2)17(9-14)28-3/h7-11,13H,12H2,1-6H3,(H,23,26)(H,24,25). The molecular formula is C22H28N2O7. The Labute approximate surface area is 181 Å². The highest BCUT2D eigenvalue weighted by Gasteiger charge is 2.18. The van der Waals surface area contributed by atoms with Gasteiger partial charge in [-0.1, -0.05) is 0 Å². The summed E-state index contributed by atoms with van der Waals surface area (Å²) in [4.78, 5) is 24.7. The number of hydrogen-bond donors (Lipinski definition) is 2. The van der Waals surface area contributed by atoms with Crippen LogP contribution in [0.15, 0.2) is 30.3 Å². The van der Waals surface area contributed by atoms with Gasteiger partial charge >= 0.3 is 0 Å². The Morgan fingerprint density at radius 1 is 0.806 bits per heavy atom. The molecule has 0 aliphatic rings. The fraction of sp³-hybridized carbons (Fsp3) is 0.364. The smallest absolute Gasteiger partial charge is 0.251 e. The van der Waals surface area contributed by atoms with Gasteiger partial charge in [-0.2, -0.15) is 0 Å². The third kappa shape index (κ3) is 5.71. The predicted molar refractivity (Wildman–Crippen MR) is 115 cm³/mol. The summed E-state index contributed by atoms with van der Waals surface area (Å²) >= 11 is 0. The van der Waals surface area contributed by atoms with Crippen LogP contribution in [0.2, 0.25) is 0 Å². The summed E-state index contributed by atoms with van der Waals surface area (Å²) in [5, 5.41) is 5.42. The molecule has 0 fully saturated rings. The summed E-state index contributed by atoms with van der Waals surface area (Å²) in [6.07, 6.45) is 0. The van der Waals surface area contributed by atoms with Gasteiger partial charge in [0.2, 0.25) is 11.7 Å². The van der Waals surface area contributed by atoms with Crippen LogP contribution in [0.25, 0.3) is 0 Å². The first kappa shape index (κ1) is 23.7. The molecule has 2 N–H and O–H groups in total. The van der Waals surface area contributed by atoms with E-state index in [1.165, 1.54) is 35.5 Å². The van der Waals surface area contributed by atoms with Crippen LogP contribution in [0.4, 0.5) is 0 Å². The molecule has 0 spiro atoms. The summed E-state index contributed by atoms with van der Waals surface area (Å²) in [5.41, 5.74) is 1.11. The van der Waals surface area contributed by atoms with Crippen molar-refractivity contribution in [1.29, 1.82) is 0 Å². The average molecular weight is 432 g/mol. The SMILES string of the molecule is COc1ccc(C(=O)NCC(=O)NC(C)c2cc(OC)c(OC)c(OC)c2)cc1OC. The fourth-order valence-corrected chi connectivity index (χ4v) is 2.97. The first-order valence-electron chi connectivity index (χ1n) is 9.47. The van der Waals surface area contributed by atoms with Gasteiger partial charge in [-0.05, 0) is 42.8 Å². The van der Waals surface area contributed by atoms with Gasteiger partial charge in [0.1, 0.15) is 0 Å². The van der Waals surface area contributed by atoms with Crippen LogP contribution in [0.3, 0.4) is 0 Å². The number of carbonyl (C=O) groups is 2. The molecule has 0 aromatic heterocycles. The van der Waals surface area contributed by atoms with Crippen LogP contribution in [0.5, 0.6) is 28.7 Å². The van der Waals surface area contributed by atoms with Crippen LogP contribution >= 0.6 is 0 Å². The molecule has 0 heterocycles. The number of benzene rings is 2. The van der Waals surface area contributed by atoms with Crippen LogP contribution < -0.4 is 34.3 Å². The zero-order valence-corrected chi connectivity index (χ0v) is 18.5. The molecule has 2 aromatic carbocycles. The molecular weight excluding hydrogens is 404 g/mol. The minimum Gasteiger partial charge on any atom is -0.493 e. The predicted octanol–water partition coefficient (Wildman–Crippen LogP) is 2.34. The van der Waals surface area contributed by atoms with Gasteiger partial charge in [-0.25, -0.2) is 0 Å². The molecule has 9 nitrogen and oxygen atoms in total. The van der Waals surface area contributed by atoms with E-state index >= 15 is 0 Å². The minimum atomic E-state index is -0.406. The molecule has 0 bridgehead atoms. The van der Waals surface area contributed by atoms with Crippen molar-refractivity contribution >= 4 is 11.8 Å². The lowest BCUT2D eigenvalue weighted by Crippen LogP contribution is -2.38. The van der Waals surface area contributed by atoms with Crippen molar-refractivity contribution in [3.05, 3.63) is 41.5 Å². The highest BCUT2D eigenvalue weighted by molar-refractivity contribution is 5.97. The third-order valence-corrected chi connectivity index (χ3v) is 4.62. The highest BCUT2D eigenvalue weighted by Crippen LogP contribution is 2.39. The number of amides is 2. The maximum absolute atomic E-state index is 12.4. The molecule has 0 aliphatic carbocycles. The molecule has 0 aliphatic heterocycles. The molecule has 9 heteroatoms. The zero-order chi connectivity index (χ0) is 23.0. The summed E-state index contributed by atoms with van der Waals surface area (Å²) in [6, 6.07) is 7.92. The lowest BCUT2D eigenvalue weighted by atomic mass is 10.1. The Morgan fingerprint density at radius 2 is 1.39 bits per heavy atom. The zero-order valence-electron chi connectivity index (χ0n) is 18.5. The van der Waals surface area contributed by atoms with Crippen molar-refractivity contribution in [2.75, 3.05) is 42.1 Å². The summed E-state index contributed by atoms with van der Waals surface area (Å²) in [6.45, 7) is 1.62. The molecule has 1 unspecified atom stereocenters. The molecule has 168 valence electrons. The molecule has 0 saturated heterocycles.